The predicted octanol–water partition coefficient (Wildman–Crippen LogP) is 4.08. The molecule has 4 aromatic rings. The molecule has 0 aliphatic rings. The van der Waals surface area contributed by atoms with Gasteiger partial charge in [-0.1, -0.05) is 0 Å². The number of aromatic nitrogens is 4. The fourth-order valence-electron chi connectivity index (χ4n) is 2.95. The number of nitrogens with zero attached hydrogens (tertiary/aromatic N) is 4. The van der Waals surface area contributed by atoms with Crippen LogP contribution < -0.4 is 10.1 Å². The van der Waals surface area contributed by atoms with Crippen molar-refractivity contribution in [1.29, 1.82) is 0 Å². The Morgan fingerprint density at radius 1 is 1.04 bits per heavy atom. The van der Waals surface area contributed by atoms with E-state index in [-0.39, 0.29) is 5.56 Å². The molecule has 0 bridgehead atoms. The molecule has 2 aromatic carbocycles. The molecule has 2 aromatic heterocycles. The summed E-state index contributed by atoms with van der Waals surface area (Å²) in [6.45, 7) is 0. The van der Waals surface area contributed by atoms with Crippen LogP contribution in [0.3, 0.4) is 0 Å². The van der Waals surface area contributed by atoms with E-state index in [0.29, 0.717) is 39.6 Å². The molecule has 0 saturated heterocycles. The summed E-state index contributed by atoms with van der Waals surface area (Å²) in [6.07, 6.45) is 4.67. The summed E-state index contributed by atoms with van der Waals surface area (Å²) in [5, 5.41) is 3.62. The first-order valence-corrected chi connectivity index (χ1v) is 8.40. The van der Waals surface area contributed by atoms with Crippen LogP contribution in [0.1, 0.15) is 0 Å². The van der Waals surface area contributed by atoms with E-state index in [1.165, 1.54) is 7.11 Å². The smallest absolute Gasteiger partial charge is 0.182 e. The third-order valence-corrected chi connectivity index (χ3v) is 4.25. The molecule has 0 amide bonds. The van der Waals surface area contributed by atoms with Crippen molar-refractivity contribution in [2.75, 3.05) is 19.5 Å². The number of methoxy groups -OCH3 is 1. The monoisotopic (exact) mass is 379 g/mol. The van der Waals surface area contributed by atoms with Crippen molar-refractivity contribution in [3.8, 4) is 28.4 Å². The molecule has 8 heteroatoms. The Hall–Kier alpha value is -3.68. The fraction of sp³-hybridized carbons (Fsp3) is 0.100. The molecule has 0 aliphatic heterocycles. The van der Waals surface area contributed by atoms with Gasteiger partial charge in [-0.05, 0) is 35.9 Å². The van der Waals surface area contributed by atoms with E-state index in [1.54, 1.807) is 37.8 Å². The molecule has 0 radical (unpaired) electrons. The van der Waals surface area contributed by atoms with E-state index < -0.39 is 11.6 Å². The minimum atomic E-state index is -0.536. The lowest BCUT2D eigenvalue weighted by atomic mass is 10.0. The maximum Gasteiger partial charge on any atom is 0.182 e. The van der Waals surface area contributed by atoms with Gasteiger partial charge in [-0.3, -0.25) is 4.98 Å². The lowest BCUT2D eigenvalue weighted by molar-refractivity contribution is 0.419. The number of halogens is 2. The van der Waals surface area contributed by atoms with Gasteiger partial charge >= 0.3 is 0 Å². The third kappa shape index (κ3) is 3.09. The van der Waals surface area contributed by atoms with E-state index in [9.17, 15) is 8.78 Å². The highest BCUT2D eigenvalue weighted by Gasteiger charge is 2.17. The maximum atomic E-state index is 14.3. The van der Waals surface area contributed by atoms with Crippen molar-refractivity contribution in [3.63, 3.8) is 0 Å². The van der Waals surface area contributed by atoms with E-state index in [1.807, 2.05) is 0 Å². The number of fused-ring (bicyclic) bond motifs is 1. The van der Waals surface area contributed by atoms with Gasteiger partial charge < -0.3 is 10.1 Å². The number of ether oxygens (including phenoxy) is 1. The Labute approximate surface area is 159 Å². The lowest BCUT2D eigenvalue weighted by Crippen LogP contribution is -2.02. The summed E-state index contributed by atoms with van der Waals surface area (Å²) in [7, 11) is 3.20. The molecule has 0 saturated carbocycles. The maximum absolute atomic E-state index is 14.3. The van der Waals surface area contributed by atoms with Crippen LogP contribution in [0.2, 0.25) is 0 Å². The van der Waals surface area contributed by atoms with Gasteiger partial charge in [0.15, 0.2) is 5.82 Å². The van der Waals surface area contributed by atoms with Crippen LogP contribution in [-0.4, -0.2) is 34.1 Å². The van der Waals surface area contributed by atoms with Crippen molar-refractivity contribution in [2.45, 2.75) is 0 Å². The number of nitrogens with one attached hydrogen (secondary N) is 1. The van der Waals surface area contributed by atoms with Crippen LogP contribution >= 0.6 is 0 Å². The first-order valence-electron chi connectivity index (χ1n) is 8.40. The molecule has 4 rings (SSSR count). The second kappa shape index (κ2) is 7.15. The Balaban J connectivity index is 1.99. The molecule has 28 heavy (non-hydrogen) atoms. The third-order valence-electron chi connectivity index (χ3n) is 4.25. The zero-order valence-corrected chi connectivity index (χ0v) is 15.1. The molecule has 1 N–H and O–H groups in total. The average molecular weight is 379 g/mol. The molecule has 6 nitrogen and oxygen atoms in total. The van der Waals surface area contributed by atoms with Gasteiger partial charge in [0, 0.05) is 30.4 Å². The number of hydrogen-bond acceptors (Lipinski definition) is 6. The van der Waals surface area contributed by atoms with Gasteiger partial charge in [-0.15, -0.1) is 0 Å². The van der Waals surface area contributed by atoms with Crippen LogP contribution in [0, 0.1) is 11.6 Å². The van der Waals surface area contributed by atoms with E-state index in [0.717, 1.165) is 18.2 Å². The molecule has 0 atom stereocenters. The molecule has 0 aliphatic carbocycles. The summed E-state index contributed by atoms with van der Waals surface area (Å²) in [5.74, 6) is 0.209. The molecule has 2 heterocycles. The zero-order valence-electron chi connectivity index (χ0n) is 15.1. The van der Waals surface area contributed by atoms with Gasteiger partial charge in [0.1, 0.15) is 34.4 Å². The molecular formula is C20H15F2N5O. The highest BCUT2D eigenvalue weighted by molar-refractivity contribution is 5.97. The van der Waals surface area contributed by atoms with Crippen LogP contribution in [0.4, 0.5) is 14.6 Å². The second-order valence-electron chi connectivity index (χ2n) is 5.94. The second-order valence-corrected chi connectivity index (χ2v) is 5.94. The topological polar surface area (TPSA) is 72.8 Å². The summed E-state index contributed by atoms with van der Waals surface area (Å²) >= 11 is 0. The zero-order chi connectivity index (χ0) is 19.7. The first kappa shape index (κ1) is 17.7. The first-order chi connectivity index (χ1) is 13.6. The van der Waals surface area contributed by atoms with E-state index >= 15 is 0 Å². The Kier molecular flexibility index (Phi) is 4.52. The fourth-order valence-corrected chi connectivity index (χ4v) is 2.95. The summed E-state index contributed by atoms with van der Waals surface area (Å²) in [5.41, 5.74) is 1.60. The van der Waals surface area contributed by atoms with Crippen LogP contribution in [0.5, 0.6) is 5.75 Å². The highest BCUT2D eigenvalue weighted by Crippen LogP contribution is 2.36. The summed E-state index contributed by atoms with van der Waals surface area (Å²) in [6, 6.07) is 6.62. The van der Waals surface area contributed by atoms with Crippen LogP contribution in [-0.2, 0) is 0 Å². The van der Waals surface area contributed by atoms with Gasteiger partial charge in [0.2, 0.25) is 0 Å². The Bertz CT molecular complexity index is 1170. The minimum Gasteiger partial charge on any atom is -0.494 e. The van der Waals surface area contributed by atoms with Gasteiger partial charge in [0.05, 0.1) is 13.3 Å². The standard InChI is InChI=1S/C20H15F2N5O/c1-23-19-14-7-11(13-9-12(21)3-4-15(13)22)8-17(28-2)18(14)26-20(27-19)16-10-24-5-6-25-16/h3-10H,1-2H3,(H,23,26,27). The Morgan fingerprint density at radius 2 is 1.89 bits per heavy atom. The minimum absolute atomic E-state index is 0.125. The summed E-state index contributed by atoms with van der Waals surface area (Å²) < 4.78 is 33.4. The van der Waals surface area contributed by atoms with Crippen molar-refractivity contribution < 1.29 is 13.5 Å². The number of benzene rings is 2. The molecule has 140 valence electrons. The number of rotatable bonds is 4. The van der Waals surface area contributed by atoms with Crippen LogP contribution in [0.15, 0.2) is 48.9 Å². The van der Waals surface area contributed by atoms with Gasteiger partial charge in [-0.25, -0.2) is 23.7 Å². The molecule has 0 unspecified atom stereocenters. The van der Waals surface area contributed by atoms with Crippen molar-refractivity contribution in [2.24, 2.45) is 0 Å². The van der Waals surface area contributed by atoms with Gasteiger partial charge in [0.25, 0.3) is 0 Å². The summed E-state index contributed by atoms with van der Waals surface area (Å²) in [4.78, 5) is 17.3. The SMILES string of the molecule is CNc1nc(-c2cnccn2)nc2c(OC)cc(-c3cc(F)ccc3F)cc12. The normalized spacial score (nSPS) is 10.9. The lowest BCUT2D eigenvalue weighted by Gasteiger charge is -2.13. The molecular weight excluding hydrogens is 364 g/mol. The highest BCUT2D eigenvalue weighted by atomic mass is 19.1. The quantitative estimate of drug-likeness (QED) is 0.576. The largest absolute Gasteiger partial charge is 0.494 e. The van der Waals surface area contributed by atoms with Crippen molar-refractivity contribution >= 4 is 16.7 Å². The van der Waals surface area contributed by atoms with Crippen molar-refractivity contribution in [1.82, 2.24) is 19.9 Å². The number of hydrogen-bond donors (Lipinski definition) is 1. The number of anilines is 1. The molecule has 0 fully saturated rings. The predicted molar refractivity (Wildman–Crippen MR) is 102 cm³/mol. The van der Waals surface area contributed by atoms with E-state index in [2.05, 4.69) is 25.3 Å². The van der Waals surface area contributed by atoms with E-state index in [4.69, 9.17) is 4.74 Å². The van der Waals surface area contributed by atoms with Crippen molar-refractivity contribution in [3.05, 3.63) is 60.6 Å². The Morgan fingerprint density at radius 3 is 2.61 bits per heavy atom. The average Bonchev–Trinajstić information content (AvgIpc) is 2.74. The van der Waals surface area contributed by atoms with Gasteiger partial charge in [-0.2, -0.15) is 0 Å². The van der Waals surface area contributed by atoms with Crippen LogP contribution in [0.25, 0.3) is 33.5 Å². The molecule has 0 spiro atoms.